The number of benzene rings is 1. The second kappa shape index (κ2) is 5.63. The van der Waals surface area contributed by atoms with Crippen LogP contribution in [-0.2, 0) is 6.18 Å². The predicted octanol–water partition coefficient (Wildman–Crippen LogP) is 4.23. The first-order chi connectivity index (χ1) is 8.99. The average Bonchev–Trinajstić information content (AvgIpc) is 2.38. The summed E-state index contributed by atoms with van der Waals surface area (Å²) in [6, 6.07) is 3.15. The molecular formula is C14H15F3O2. The van der Waals surface area contributed by atoms with E-state index in [4.69, 9.17) is 4.74 Å². The largest absolute Gasteiger partial charge is 0.490 e. The van der Waals surface area contributed by atoms with Crippen LogP contribution in [-0.4, -0.2) is 12.4 Å². The van der Waals surface area contributed by atoms with Gasteiger partial charge in [0.05, 0.1) is 11.7 Å². The van der Waals surface area contributed by atoms with E-state index in [1.54, 1.807) is 0 Å². The molecule has 0 aromatic heterocycles. The summed E-state index contributed by atoms with van der Waals surface area (Å²) in [5.74, 6) is 0.129. The Morgan fingerprint density at radius 3 is 2.37 bits per heavy atom. The van der Waals surface area contributed by atoms with Crippen molar-refractivity contribution in [2.75, 3.05) is 0 Å². The standard InChI is InChI=1S/C14H15F3O2/c15-14(16,17)11-6-10(9-18)7-13(8-11)19-12-4-2-1-3-5-12/h6-9,12H,1-5H2. The van der Waals surface area contributed by atoms with Crippen molar-refractivity contribution in [2.45, 2.75) is 44.4 Å². The van der Waals surface area contributed by atoms with Gasteiger partial charge in [-0.2, -0.15) is 13.2 Å². The molecule has 1 saturated carbocycles. The number of hydrogen-bond donors (Lipinski definition) is 0. The first-order valence-electron chi connectivity index (χ1n) is 6.33. The molecule has 0 spiro atoms. The van der Waals surface area contributed by atoms with Crippen molar-refractivity contribution in [1.29, 1.82) is 0 Å². The maximum Gasteiger partial charge on any atom is 0.416 e. The van der Waals surface area contributed by atoms with Gasteiger partial charge in [0.15, 0.2) is 0 Å². The van der Waals surface area contributed by atoms with Gasteiger partial charge in [-0.25, -0.2) is 0 Å². The Kier molecular flexibility index (Phi) is 4.12. The Hall–Kier alpha value is -1.52. The van der Waals surface area contributed by atoms with E-state index in [0.29, 0.717) is 6.29 Å². The molecule has 0 saturated heterocycles. The quantitative estimate of drug-likeness (QED) is 0.770. The van der Waals surface area contributed by atoms with Crippen LogP contribution in [0.4, 0.5) is 13.2 Å². The number of carbonyl (C=O) groups excluding carboxylic acids is 1. The summed E-state index contributed by atoms with van der Waals surface area (Å²) in [4.78, 5) is 10.7. The van der Waals surface area contributed by atoms with Crippen LogP contribution < -0.4 is 4.74 Å². The van der Waals surface area contributed by atoms with Crippen molar-refractivity contribution >= 4 is 6.29 Å². The smallest absolute Gasteiger partial charge is 0.416 e. The number of aldehydes is 1. The molecule has 0 unspecified atom stereocenters. The van der Waals surface area contributed by atoms with Crippen LogP contribution >= 0.6 is 0 Å². The molecule has 2 nitrogen and oxygen atoms in total. The molecule has 0 aliphatic heterocycles. The highest BCUT2D eigenvalue weighted by molar-refractivity contribution is 5.76. The number of ether oxygens (including phenoxy) is 1. The van der Waals surface area contributed by atoms with E-state index in [2.05, 4.69) is 0 Å². The second-order valence-electron chi connectivity index (χ2n) is 4.78. The lowest BCUT2D eigenvalue weighted by atomic mass is 9.98. The highest BCUT2D eigenvalue weighted by Crippen LogP contribution is 2.33. The lowest BCUT2D eigenvalue weighted by Gasteiger charge is -2.23. The number of rotatable bonds is 3. The van der Waals surface area contributed by atoms with Gasteiger partial charge in [0.25, 0.3) is 0 Å². The molecular weight excluding hydrogens is 257 g/mol. The van der Waals surface area contributed by atoms with Gasteiger partial charge in [0.1, 0.15) is 12.0 Å². The maximum atomic E-state index is 12.7. The SMILES string of the molecule is O=Cc1cc(OC2CCCCC2)cc(C(F)(F)F)c1. The Balaban J connectivity index is 2.21. The van der Waals surface area contributed by atoms with Crippen molar-refractivity contribution in [3.8, 4) is 5.75 Å². The fraction of sp³-hybridized carbons (Fsp3) is 0.500. The number of halogens is 3. The van der Waals surface area contributed by atoms with E-state index < -0.39 is 11.7 Å². The Labute approximate surface area is 109 Å². The van der Waals surface area contributed by atoms with Crippen LogP contribution in [0.5, 0.6) is 5.75 Å². The summed E-state index contributed by atoms with van der Waals surface area (Å²) in [6.45, 7) is 0. The lowest BCUT2D eigenvalue weighted by molar-refractivity contribution is -0.137. The summed E-state index contributed by atoms with van der Waals surface area (Å²) in [6.07, 6.45) is 0.805. The molecule has 0 radical (unpaired) electrons. The molecule has 1 aromatic carbocycles. The van der Waals surface area contributed by atoms with E-state index in [-0.39, 0.29) is 17.4 Å². The normalized spacial score (nSPS) is 17.2. The van der Waals surface area contributed by atoms with Crippen molar-refractivity contribution in [2.24, 2.45) is 0 Å². The molecule has 2 rings (SSSR count). The fourth-order valence-corrected chi connectivity index (χ4v) is 2.30. The van der Waals surface area contributed by atoms with Crippen LogP contribution in [0.25, 0.3) is 0 Å². The number of hydrogen-bond acceptors (Lipinski definition) is 2. The minimum Gasteiger partial charge on any atom is -0.490 e. The van der Waals surface area contributed by atoms with Crippen LogP contribution in [0.15, 0.2) is 18.2 Å². The van der Waals surface area contributed by atoms with E-state index in [9.17, 15) is 18.0 Å². The molecule has 0 atom stereocenters. The second-order valence-corrected chi connectivity index (χ2v) is 4.78. The van der Waals surface area contributed by atoms with Gasteiger partial charge in [-0.3, -0.25) is 4.79 Å². The zero-order chi connectivity index (χ0) is 13.9. The van der Waals surface area contributed by atoms with Gasteiger partial charge in [-0.15, -0.1) is 0 Å². The molecule has 0 amide bonds. The van der Waals surface area contributed by atoms with E-state index in [1.165, 1.54) is 6.07 Å². The third-order valence-electron chi connectivity index (χ3n) is 3.25. The Morgan fingerprint density at radius 1 is 1.11 bits per heavy atom. The van der Waals surface area contributed by atoms with Crippen LogP contribution in [0, 0.1) is 0 Å². The summed E-state index contributed by atoms with van der Waals surface area (Å²) >= 11 is 0. The van der Waals surface area contributed by atoms with Crippen molar-refractivity contribution in [3.05, 3.63) is 29.3 Å². The lowest BCUT2D eigenvalue weighted by Crippen LogP contribution is -2.20. The zero-order valence-corrected chi connectivity index (χ0v) is 10.4. The van der Waals surface area contributed by atoms with Gasteiger partial charge in [-0.1, -0.05) is 6.42 Å². The zero-order valence-electron chi connectivity index (χ0n) is 10.4. The Morgan fingerprint density at radius 2 is 1.79 bits per heavy atom. The molecule has 0 N–H and O–H groups in total. The molecule has 0 heterocycles. The summed E-state index contributed by atoms with van der Waals surface area (Å²) < 4.78 is 43.6. The molecule has 1 aliphatic rings. The number of carbonyl (C=O) groups is 1. The van der Waals surface area contributed by atoms with Crippen LogP contribution in [0.1, 0.15) is 48.0 Å². The third kappa shape index (κ3) is 3.72. The topological polar surface area (TPSA) is 26.3 Å². The van der Waals surface area contributed by atoms with Gasteiger partial charge in [-0.05, 0) is 43.9 Å². The van der Waals surface area contributed by atoms with Gasteiger partial charge < -0.3 is 4.74 Å². The van der Waals surface area contributed by atoms with Crippen LogP contribution in [0.3, 0.4) is 0 Å². The van der Waals surface area contributed by atoms with Crippen LogP contribution in [0.2, 0.25) is 0 Å². The minimum absolute atomic E-state index is 0.0133. The van der Waals surface area contributed by atoms with Crippen molar-refractivity contribution < 1.29 is 22.7 Å². The summed E-state index contributed by atoms with van der Waals surface area (Å²) in [5, 5.41) is 0. The van der Waals surface area contributed by atoms with Crippen molar-refractivity contribution in [3.63, 3.8) is 0 Å². The van der Waals surface area contributed by atoms with E-state index in [0.717, 1.165) is 44.2 Å². The first kappa shape index (κ1) is 13.9. The monoisotopic (exact) mass is 272 g/mol. The third-order valence-corrected chi connectivity index (χ3v) is 3.25. The van der Waals surface area contributed by atoms with E-state index >= 15 is 0 Å². The fourth-order valence-electron chi connectivity index (χ4n) is 2.30. The Bertz CT molecular complexity index is 448. The van der Waals surface area contributed by atoms with Gasteiger partial charge >= 0.3 is 6.18 Å². The molecule has 0 bridgehead atoms. The first-order valence-corrected chi connectivity index (χ1v) is 6.33. The molecule has 104 valence electrons. The summed E-state index contributed by atoms with van der Waals surface area (Å²) in [5.41, 5.74) is -0.858. The molecule has 1 aliphatic carbocycles. The van der Waals surface area contributed by atoms with Gasteiger partial charge in [0, 0.05) is 5.56 Å². The minimum atomic E-state index is -4.47. The molecule has 1 aromatic rings. The average molecular weight is 272 g/mol. The molecule has 5 heteroatoms. The predicted molar refractivity (Wildman–Crippen MR) is 64.3 cm³/mol. The molecule has 19 heavy (non-hydrogen) atoms. The highest BCUT2D eigenvalue weighted by atomic mass is 19.4. The maximum absolute atomic E-state index is 12.7. The van der Waals surface area contributed by atoms with Gasteiger partial charge in [0.2, 0.25) is 0 Å². The summed E-state index contributed by atoms with van der Waals surface area (Å²) in [7, 11) is 0. The highest BCUT2D eigenvalue weighted by Gasteiger charge is 2.31. The molecule has 1 fully saturated rings. The van der Waals surface area contributed by atoms with Crippen molar-refractivity contribution in [1.82, 2.24) is 0 Å². The van der Waals surface area contributed by atoms with E-state index in [1.807, 2.05) is 0 Å². The number of alkyl halides is 3.